The number of rotatable bonds is 5. The van der Waals surface area contributed by atoms with Gasteiger partial charge in [-0.3, -0.25) is 4.79 Å². The normalized spacial score (nSPS) is 18.0. The lowest BCUT2D eigenvalue weighted by molar-refractivity contribution is -0.116. The molecular formula is C18H30Cl2N4O. The van der Waals surface area contributed by atoms with Gasteiger partial charge >= 0.3 is 0 Å². The Kier molecular flexibility index (Phi) is 10.2. The van der Waals surface area contributed by atoms with Crippen LogP contribution >= 0.6 is 24.8 Å². The molecule has 7 heteroatoms. The summed E-state index contributed by atoms with van der Waals surface area (Å²) in [7, 11) is 0. The van der Waals surface area contributed by atoms with Crippen LogP contribution in [0.3, 0.4) is 0 Å². The molecule has 2 fully saturated rings. The molecule has 2 N–H and O–H groups in total. The van der Waals surface area contributed by atoms with Crippen molar-refractivity contribution in [2.24, 2.45) is 5.92 Å². The average molecular weight is 389 g/mol. The second-order valence-corrected chi connectivity index (χ2v) is 6.73. The molecule has 3 heterocycles. The number of aromatic nitrogens is 1. The summed E-state index contributed by atoms with van der Waals surface area (Å²) in [6.45, 7) is 4.41. The van der Waals surface area contributed by atoms with Crippen molar-refractivity contribution < 1.29 is 4.79 Å². The number of piperidine rings is 2. The molecule has 0 saturated carbocycles. The van der Waals surface area contributed by atoms with Crippen molar-refractivity contribution in [2.45, 2.75) is 44.9 Å². The second-order valence-electron chi connectivity index (χ2n) is 6.73. The molecule has 2 saturated heterocycles. The summed E-state index contributed by atoms with van der Waals surface area (Å²) in [5.41, 5.74) is 1.16. The first kappa shape index (κ1) is 22.0. The quantitative estimate of drug-likeness (QED) is 0.808. The van der Waals surface area contributed by atoms with Gasteiger partial charge in [0.25, 0.3) is 0 Å². The lowest BCUT2D eigenvalue weighted by Gasteiger charge is -2.28. The Balaban J connectivity index is 0.00000156. The van der Waals surface area contributed by atoms with Crippen LogP contribution in [0.1, 0.15) is 44.9 Å². The van der Waals surface area contributed by atoms with E-state index < -0.39 is 0 Å². The molecule has 2 aliphatic rings. The molecule has 0 bridgehead atoms. The van der Waals surface area contributed by atoms with Gasteiger partial charge in [-0.05, 0) is 69.7 Å². The molecule has 0 unspecified atom stereocenters. The van der Waals surface area contributed by atoms with Gasteiger partial charge < -0.3 is 15.5 Å². The molecule has 0 aliphatic carbocycles. The lowest BCUT2D eigenvalue weighted by Crippen LogP contribution is -2.29. The standard InChI is InChI=1S/C18H28N4O.2ClH/c23-18(7-4-15-8-10-19-11-9-15)21-17-6-5-16(14-20-17)22-12-2-1-3-13-22;;/h5-6,14-15,19H,1-4,7-13H2,(H,20,21,23);2*1H. The summed E-state index contributed by atoms with van der Waals surface area (Å²) in [5, 5.41) is 6.29. The minimum absolute atomic E-state index is 0. The topological polar surface area (TPSA) is 57.3 Å². The van der Waals surface area contributed by atoms with Crippen LogP contribution in [-0.4, -0.2) is 37.1 Å². The molecule has 0 aromatic carbocycles. The minimum atomic E-state index is 0. The number of hydrogen-bond acceptors (Lipinski definition) is 4. The Morgan fingerprint density at radius 1 is 1.16 bits per heavy atom. The van der Waals surface area contributed by atoms with E-state index in [1.165, 1.54) is 32.1 Å². The fourth-order valence-electron chi connectivity index (χ4n) is 3.51. The zero-order valence-electron chi connectivity index (χ0n) is 14.7. The third-order valence-corrected chi connectivity index (χ3v) is 4.97. The fraction of sp³-hybridized carbons (Fsp3) is 0.667. The maximum atomic E-state index is 12.1. The van der Waals surface area contributed by atoms with Crippen LogP contribution in [-0.2, 0) is 4.79 Å². The highest BCUT2D eigenvalue weighted by Gasteiger charge is 2.15. The summed E-state index contributed by atoms with van der Waals surface area (Å²) in [5.74, 6) is 1.44. The van der Waals surface area contributed by atoms with Crippen molar-refractivity contribution in [3.05, 3.63) is 18.3 Å². The van der Waals surface area contributed by atoms with E-state index in [0.717, 1.165) is 38.3 Å². The van der Waals surface area contributed by atoms with Gasteiger partial charge in [0.15, 0.2) is 0 Å². The van der Waals surface area contributed by atoms with E-state index in [2.05, 4.69) is 26.6 Å². The number of halogens is 2. The van der Waals surface area contributed by atoms with E-state index in [1.807, 2.05) is 12.3 Å². The molecule has 25 heavy (non-hydrogen) atoms. The molecular weight excluding hydrogens is 359 g/mol. The number of pyridine rings is 1. The van der Waals surface area contributed by atoms with E-state index in [-0.39, 0.29) is 30.7 Å². The van der Waals surface area contributed by atoms with Crippen molar-refractivity contribution in [1.29, 1.82) is 0 Å². The van der Waals surface area contributed by atoms with E-state index in [1.54, 1.807) is 0 Å². The number of carbonyl (C=O) groups is 1. The van der Waals surface area contributed by atoms with Gasteiger partial charge in [-0.1, -0.05) is 0 Å². The zero-order chi connectivity index (χ0) is 15.9. The predicted molar refractivity (Wildman–Crippen MR) is 108 cm³/mol. The van der Waals surface area contributed by atoms with Gasteiger partial charge in [0.1, 0.15) is 5.82 Å². The van der Waals surface area contributed by atoms with Crippen molar-refractivity contribution in [3.63, 3.8) is 0 Å². The highest BCUT2D eigenvalue weighted by molar-refractivity contribution is 5.89. The summed E-state index contributed by atoms with van der Waals surface area (Å²) >= 11 is 0. The molecule has 0 radical (unpaired) electrons. The Morgan fingerprint density at radius 2 is 1.88 bits per heavy atom. The number of nitrogens with zero attached hydrogens (tertiary/aromatic N) is 2. The van der Waals surface area contributed by atoms with Gasteiger partial charge in [0, 0.05) is 19.5 Å². The average Bonchev–Trinajstić information content (AvgIpc) is 2.62. The van der Waals surface area contributed by atoms with Crippen molar-refractivity contribution in [2.75, 3.05) is 36.4 Å². The van der Waals surface area contributed by atoms with E-state index in [0.29, 0.717) is 18.2 Å². The molecule has 3 rings (SSSR count). The largest absolute Gasteiger partial charge is 0.370 e. The number of anilines is 2. The van der Waals surface area contributed by atoms with E-state index in [4.69, 9.17) is 0 Å². The molecule has 1 amide bonds. The first-order valence-corrected chi connectivity index (χ1v) is 9.03. The Bertz CT molecular complexity index is 500. The molecule has 0 spiro atoms. The SMILES string of the molecule is Cl.Cl.O=C(CCC1CCNCC1)Nc1ccc(N2CCCCC2)cn1. The Hall–Kier alpha value is -1.04. The lowest BCUT2D eigenvalue weighted by atomic mass is 9.93. The Morgan fingerprint density at radius 3 is 2.52 bits per heavy atom. The number of hydrogen-bond donors (Lipinski definition) is 2. The third-order valence-electron chi connectivity index (χ3n) is 4.97. The number of nitrogens with one attached hydrogen (secondary N) is 2. The molecule has 1 aromatic rings. The Labute approximate surface area is 163 Å². The monoisotopic (exact) mass is 388 g/mol. The molecule has 5 nitrogen and oxygen atoms in total. The maximum Gasteiger partial charge on any atom is 0.225 e. The van der Waals surface area contributed by atoms with Crippen LogP contribution in [0.2, 0.25) is 0 Å². The first-order valence-electron chi connectivity index (χ1n) is 9.03. The second kappa shape index (κ2) is 11.6. The van der Waals surface area contributed by atoms with Gasteiger partial charge in [-0.2, -0.15) is 0 Å². The number of amides is 1. The van der Waals surface area contributed by atoms with Crippen LogP contribution in [0.25, 0.3) is 0 Å². The van der Waals surface area contributed by atoms with Crippen molar-refractivity contribution >= 4 is 42.2 Å². The van der Waals surface area contributed by atoms with Crippen molar-refractivity contribution in [3.8, 4) is 0 Å². The van der Waals surface area contributed by atoms with Crippen LogP contribution in [0.5, 0.6) is 0 Å². The van der Waals surface area contributed by atoms with Gasteiger partial charge in [0.05, 0.1) is 11.9 Å². The highest BCUT2D eigenvalue weighted by Crippen LogP contribution is 2.21. The maximum absolute atomic E-state index is 12.1. The fourth-order valence-corrected chi connectivity index (χ4v) is 3.51. The summed E-state index contributed by atoms with van der Waals surface area (Å²) < 4.78 is 0. The van der Waals surface area contributed by atoms with Crippen molar-refractivity contribution in [1.82, 2.24) is 10.3 Å². The van der Waals surface area contributed by atoms with E-state index in [9.17, 15) is 4.79 Å². The highest BCUT2D eigenvalue weighted by atomic mass is 35.5. The van der Waals surface area contributed by atoms with Crippen LogP contribution < -0.4 is 15.5 Å². The van der Waals surface area contributed by atoms with Gasteiger partial charge in [-0.25, -0.2) is 4.98 Å². The third kappa shape index (κ3) is 7.00. The number of carbonyl (C=O) groups excluding carboxylic acids is 1. The van der Waals surface area contributed by atoms with E-state index >= 15 is 0 Å². The summed E-state index contributed by atoms with van der Waals surface area (Å²) in [6, 6.07) is 3.99. The van der Waals surface area contributed by atoms with Crippen LogP contribution in [0.4, 0.5) is 11.5 Å². The van der Waals surface area contributed by atoms with Crippen LogP contribution in [0.15, 0.2) is 18.3 Å². The smallest absolute Gasteiger partial charge is 0.225 e. The first-order chi connectivity index (χ1) is 11.3. The van der Waals surface area contributed by atoms with Gasteiger partial charge in [0.2, 0.25) is 5.91 Å². The van der Waals surface area contributed by atoms with Crippen LogP contribution in [0, 0.1) is 5.92 Å². The zero-order valence-corrected chi connectivity index (χ0v) is 16.3. The molecule has 1 aromatic heterocycles. The summed E-state index contributed by atoms with van der Waals surface area (Å²) in [6.07, 6.45) is 9.69. The molecule has 0 atom stereocenters. The molecule has 142 valence electrons. The molecule has 2 aliphatic heterocycles. The predicted octanol–water partition coefficient (Wildman–Crippen LogP) is 3.63. The summed E-state index contributed by atoms with van der Waals surface area (Å²) in [4.78, 5) is 18.8. The minimum Gasteiger partial charge on any atom is -0.370 e. The van der Waals surface area contributed by atoms with Gasteiger partial charge in [-0.15, -0.1) is 24.8 Å².